The third-order valence-corrected chi connectivity index (χ3v) is 2.10. The molecule has 0 unspecified atom stereocenters. The summed E-state index contributed by atoms with van der Waals surface area (Å²) in [6.45, 7) is 6.29. The summed E-state index contributed by atoms with van der Waals surface area (Å²) in [4.78, 5) is 2.13. The highest BCUT2D eigenvalue weighted by Crippen LogP contribution is 2.19. The Bertz CT molecular complexity index is 313. The zero-order valence-electron chi connectivity index (χ0n) is 8.83. The normalized spacial score (nSPS) is 10.8. The van der Waals surface area contributed by atoms with Gasteiger partial charge in [0.2, 0.25) is 0 Å². The summed E-state index contributed by atoms with van der Waals surface area (Å²) in [5.41, 5.74) is 3.90. The molecule has 1 heteroatoms. The lowest BCUT2D eigenvalue weighted by molar-refractivity contribution is 1.17. The molecule has 1 aromatic rings. The lowest BCUT2D eigenvalue weighted by atomic mass is 10.1. The van der Waals surface area contributed by atoms with Crippen LogP contribution in [0, 0.1) is 13.8 Å². The summed E-state index contributed by atoms with van der Waals surface area (Å²) in [6.07, 6.45) is 4.11. The van der Waals surface area contributed by atoms with Crippen molar-refractivity contribution in [1.82, 2.24) is 0 Å². The van der Waals surface area contributed by atoms with Gasteiger partial charge in [0.15, 0.2) is 0 Å². The van der Waals surface area contributed by atoms with Crippen molar-refractivity contribution in [3.63, 3.8) is 0 Å². The van der Waals surface area contributed by atoms with E-state index in [0.29, 0.717) is 0 Å². The molecule has 0 heterocycles. The average molecular weight is 175 g/mol. The number of hydrogen-bond donors (Lipinski definition) is 0. The molecular formula is C12H17N. The Balaban J connectivity index is 3.01. The monoisotopic (exact) mass is 175 g/mol. The Morgan fingerprint density at radius 1 is 1.23 bits per heavy atom. The summed E-state index contributed by atoms with van der Waals surface area (Å²) < 4.78 is 0. The highest BCUT2D eigenvalue weighted by Gasteiger charge is 2.00. The minimum absolute atomic E-state index is 1.27. The van der Waals surface area contributed by atoms with E-state index in [2.05, 4.69) is 50.2 Å². The Labute approximate surface area is 80.7 Å². The van der Waals surface area contributed by atoms with Crippen LogP contribution in [-0.4, -0.2) is 7.05 Å². The van der Waals surface area contributed by atoms with Gasteiger partial charge in [-0.3, -0.25) is 0 Å². The average Bonchev–Trinajstić information content (AvgIpc) is 2.04. The molecule has 0 saturated carbocycles. The Morgan fingerprint density at radius 2 is 1.92 bits per heavy atom. The minimum atomic E-state index is 1.27. The second kappa shape index (κ2) is 4.13. The molecule has 1 aromatic carbocycles. The SMILES string of the molecule is C/C=C\N(C)c1ccc(C)cc1C. The predicted octanol–water partition coefficient (Wildman–Crippen LogP) is 3.27. The van der Waals surface area contributed by atoms with Gasteiger partial charge in [-0.15, -0.1) is 0 Å². The molecule has 0 saturated heterocycles. The van der Waals surface area contributed by atoms with Crippen molar-refractivity contribution in [2.75, 3.05) is 11.9 Å². The fourth-order valence-corrected chi connectivity index (χ4v) is 1.51. The summed E-state index contributed by atoms with van der Waals surface area (Å²) in [6, 6.07) is 6.50. The molecule has 0 N–H and O–H groups in total. The highest BCUT2D eigenvalue weighted by atomic mass is 15.1. The van der Waals surface area contributed by atoms with Crippen molar-refractivity contribution in [2.24, 2.45) is 0 Å². The van der Waals surface area contributed by atoms with Crippen LogP contribution in [0.5, 0.6) is 0 Å². The minimum Gasteiger partial charge on any atom is -0.351 e. The van der Waals surface area contributed by atoms with Crippen LogP contribution in [0.3, 0.4) is 0 Å². The van der Waals surface area contributed by atoms with E-state index in [-0.39, 0.29) is 0 Å². The van der Waals surface area contributed by atoms with Crippen molar-refractivity contribution >= 4 is 5.69 Å². The van der Waals surface area contributed by atoms with Gasteiger partial charge >= 0.3 is 0 Å². The highest BCUT2D eigenvalue weighted by molar-refractivity contribution is 5.55. The molecule has 0 aliphatic carbocycles. The maximum Gasteiger partial charge on any atom is 0.0433 e. The lowest BCUT2D eigenvalue weighted by Gasteiger charge is -2.16. The first-order valence-corrected chi connectivity index (χ1v) is 4.58. The number of rotatable bonds is 2. The molecule has 0 fully saturated rings. The maximum absolute atomic E-state index is 2.20. The summed E-state index contributed by atoms with van der Waals surface area (Å²) in [7, 11) is 2.07. The van der Waals surface area contributed by atoms with Gasteiger partial charge in [-0.05, 0) is 38.6 Å². The zero-order valence-corrected chi connectivity index (χ0v) is 8.83. The van der Waals surface area contributed by atoms with Crippen molar-refractivity contribution in [3.05, 3.63) is 41.6 Å². The van der Waals surface area contributed by atoms with Crippen molar-refractivity contribution in [2.45, 2.75) is 20.8 Å². The molecular weight excluding hydrogens is 158 g/mol. The van der Waals surface area contributed by atoms with E-state index in [1.807, 2.05) is 13.0 Å². The lowest BCUT2D eigenvalue weighted by Crippen LogP contribution is -2.08. The van der Waals surface area contributed by atoms with Gasteiger partial charge in [0.1, 0.15) is 0 Å². The molecule has 0 aliphatic heterocycles. The van der Waals surface area contributed by atoms with Crippen LogP contribution in [0.15, 0.2) is 30.5 Å². The van der Waals surface area contributed by atoms with E-state index in [1.54, 1.807) is 0 Å². The number of allylic oxidation sites excluding steroid dienone is 1. The second-order valence-corrected chi connectivity index (χ2v) is 3.38. The van der Waals surface area contributed by atoms with Gasteiger partial charge in [-0.2, -0.15) is 0 Å². The largest absolute Gasteiger partial charge is 0.351 e. The fourth-order valence-electron chi connectivity index (χ4n) is 1.51. The molecule has 13 heavy (non-hydrogen) atoms. The number of benzene rings is 1. The standard InChI is InChI=1S/C12H17N/c1-5-8-13(4)12-7-6-10(2)9-11(12)3/h5-9H,1-4H3/b8-5-. The molecule has 70 valence electrons. The van der Waals surface area contributed by atoms with Crippen molar-refractivity contribution in [3.8, 4) is 0 Å². The Kier molecular flexibility index (Phi) is 3.13. The van der Waals surface area contributed by atoms with E-state index < -0.39 is 0 Å². The smallest absolute Gasteiger partial charge is 0.0433 e. The summed E-state index contributed by atoms with van der Waals surface area (Å²) in [5, 5.41) is 0. The molecule has 0 spiro atoms. The first kappa shape index (κ1) is 9.85. The van der Waals surface area contributed by atoms with Crippen molar-refractivity contribution < 1.29 is 0 Å². The van der Waals surface area contributed by atoms with Gasteiger partial charge in [-0.25, -0.2) is 0 Å². The molecule has 0 atom stereocenters. The van der Waals surface area contributed by atoms with E-state index in [1.165, 1.54) is 16.8 Å². The van der Waals surface area contributed by atoms with Gasteiger partial charge in [-0.1, -0.05) is 23.8 Å². The van der Waals surface area contributed by atoms with Crippen LogP contribution in [0.4, 0.5) is 5.69 Å². The number of anilines is 1. The van der Waals surface area contributed by atoms with Gasteiger partial charge < -0.3 is 4.90 Å². The van der Waals surface area contributed by atoms with Crippen LogP contribution in [0.1, 0.15) is 18.1 Å². The molecule has 0 radical (unpaired) electrons. The number of aryl methyl sites for hydroxylation is 2. The Hall–Kier alpha value is -1.24. The number of nitrogens with zero attached hydrogens (tertiary/aromatic N) is 1. The third kappa shape index (κ3) is 2.35. The van der Waals surface area contributed by atoms with Crippen LogP contribution < -0.4 is 4.90 Å². The van der Waals surface area contributed by atoms with E-state index in [4.69, 9.17) is 0 Å². The molecule has 0 amide bonds. The van der Waals surface area contributed by atoms with Crippen molar-refractivity contribution in [1.29, 1.82) is 0 Å². The van der Waals surface area contributed by atoms with E-state index in [9.17, 15) is 0 Å². The topological polar surface area (TPSA) is 3.24 Å². The molecule has 1 nitrogen and oxygen atoms in total. The Morgan fingerprint density at radius 3 is 2.46 bits per heavy atom. The first-order valence-electron chi connectivity index (χ1n) is 4.58. The molecule has 0 aliphatic rings. The molecule has 0 bridgehead atoms. The number of hydrogen-bond acceptors (Lipinski definition) is 1. The van der Waals surface area contributed by atoms with Gasteiger partial charge in [0.05, 0.1) is 0 Å². The van der Waals surface area contributed by atoms with E-state index in [0.717, 1.165) is 0 Å². The molecule has 0 aromatic heterocycles. The fraction of sp³-hybridized carbons (Fsp3) is 0.333. The van der Waals surface area contributed by atoms with Gasteiger partial charge in [0.25, 0.3) is 0 Å². The van der Waals surface area contributed by atoms with Crippen LogP contribution in [-0.2, 0) is 0 Å². The van der Waals surface area contributed by atoms with E-state index >= 15 is 0 Å². The third-order valence-electron chi connectivity index (χ3n) is 2.10. The van der Waals surface area contributed by atoms with Gasteiger partial charge in [0, 0.05) is 12.7 Å². The maximum atomic E-state index is 2.20. The quantitative estimate of drug-likeness (QED) is 0.666. The first-order chi connectivity index (χ1) is 6.15. The summed E-state index contributed by atoms with van der Waals surface area (Å²) in [5.74, 6) is 0. The van der Waals surface area contributed by atoms with Crippen LogP contribution in [0.2, 0.25) is 0 Å². The van der Waals surface area contributed by atoms with Crippen LogP contribution >= 0.6 is 0 Å². The zero-order chi connectivity index (χ0) is 9.84. The second-order valence-electron chi connectivity index (χ2n) is 3.38. The van der Waals surface area contributed by atoms with Crippen LogP contribution in [0.25, 0.3) is 0 Å². The summed E-state index contributed by atoms with van der Waals surface area (Å²) >= 11 is 0. The molecule has 1 rings (SSSR count). The predicted molar refractivity (Wildman–Crippen MR) is 59.1 cm³/mol.